The molecule has 0 aliphatic heterocycles. The van der Waals surface area contributed by atoms with E-state index in [1.54, 1.807) is 0 Å². The van der Waals surface area contributed by atoms with Crippen molar-refractivity contribution in [2.45, 2.75) is 6.42 Å². The van der Waals surface area contributed by atoms with Gasteiger partial charge in [0.1, 0.15) is 0 Å². The van der Waals surface area contributed by atoms with Crippen LogP contribution in [0.2, 0.25) is 0 Å². The smallest absolute Gasteiger partial charge is 0.00258 e. The zero-order valence-corrected chi connectivity index (χ0v) is 14.4. The van der Waals surface area contributed by atoms with E-state index in [4.69, 9.17) is 0 Å². The molecule has 0 amide bonds. The molecular weight excluding hydrogens is 300 g/mol. The molecule has 0 spiro atoms. The Morgan fingerprint density at radius 3 is 0.920 bits per heavy atom. The molecule has 0 fully saturated rings. The molecule has 2 bridgehead atoms. The first-order valence-electron chi connectivity index (χ1n) is 8.53. The highest BCUT2D eigenvalue weighted by Gasteiger charge is 1.97. The molecule has 124 valence electrons. The van der Waals surface area contributed by atoms with E-state index in [0.29, 0.717) is 0 Å². The van der Waals surface area contributed by atoms with Gasteiger partial charge in [0.25, 0.3) is 0 Å². The Kier molecular flexibility index (Phi) is 8.98. The summed E-state index contributed by atoms with van der Waals surface area (Å²) in [6.45, 7) is 0. The van der Waals surface area contributed by atoms with E-state index in [0.717, 1.165) is 6.42 Å². The molecule has 0 N–H and O–H groups in total. The quantitative estimate of drug-likeness (QED) is 0.458. The van der Waals surface area contributed by atoms with Gasteiger partial charge in [0, 0.05) is 0 Å². The number of hydrogen-bond acceptors (Lipinski definition) is 0. The molecule has 0 saturated carbocycles. The van der Waals surface area contributed by atoms with E-state index in [2.05, 4.69) is 60.8 Å². The Bertz CT molecular complexity index is 697. The van der Waals surface area contributed by atoms with Crippen LogP contribution < -0.4 is 0 Å². The standard InChI is InChI=1S/C25H24/c1-2-4-6-8-10-12-14-16-20-25-22-18-17-21-24(23-25)19-15-13-11-9-7-5-3-1/h1-22H,23H2/b2-1+,3-1?,4-2?,5-3+,6-4+,7-5?,8-6?,9-7-,10-8-,11-9?,12-10?,13-11+,14-12+,15-13?,16-14?,19-15+,20-16+,24-19?,25-20?. The van der Waals surface area contributed by atoms with Crippen LogP contribution in [0.1, 0.15) is 6.42 Å². The molecule has 0 aromatic heterocycles. The summed E-state index contributed by atoms with van der Waals surface area (Å²) in [6.07, 6.45) is 46.2. The molecule has 0 heterocycles. The van der Waals surface area contributed by atoms with Crippen LogP contribution >= 0.6 is 0 Å². The topological polar surface area (TPSA) is 0 Å². The average molecular weight is 324 g/mol. The fraction of sp³-hybridized carbons (Fsp3) is 0.0400. The SMILES string of the molecule is C1=CC=C2/C=C/C=C/C=C\C=C\C=C\C=C\C=C/C=C/C=C/C(=C1)C2. The van der Waals surface area contributed by atoms with Crippen molar-refractivity contribution in [1.82, 2.24) is 0 Å². The van der Waals surface area contributed by atoms with Crippen molar-refractivity contribution >= 4 is 0 Å². The summed E-state index contributed by atoms with van der Waals surface area (Å²) in [4.78, 5) is 0. The van der Waals surface area contributed by atoms with Crippen molar-refractivity contribution in [3.8, 4) is 0 Å². The maximum absolute atomic E-state index is 2.16. The van der Waals surface area contributed by atoms with Gasteiger partial charge in [-0.2, -0.15) is 0 Å². The van der Waals surface area contributed by atoms with Crippen LogP contribution in [0.3, 0.4) is 0 Å². The van der Waals surface area contributed by atoms with Gasteiger partial charge in [0.05, 0.1) is 0 Å². The fourth-order valence-electron chi connectivity index (χ4n) is 2.20. The summed E-state index contributed by atoms with van der Waals surface area (Å²) in [5.74, 6) is 0. The molecule has 0 unspecified atom stereocenters. The monoisotopic (exact) mass is 324 g/mol. The lowest BCUT2D eigenvalue weighted by molar-refractivity contribution is 1.21. The van der Waals surface area contributed by atoms with Crippen molar-refractivity contribution in [2.75, 3.05) is 0 Å². The Morgan fingerprint density at radius 1 is 0.320 bits per heavy atom. The predicted octanol–water partition coefficient (Wildman–Crippen LogP) is 6.82. The number of hydrogen-bond donors (Lipinski definition) is 0. The van der Waals surface area contributed by atoms with Crippen molar-refractivity contribution in [3.05, 3.63) is 145 Å². The summed E-state index contributed by atoms with van der Waals surface area (Å²) in [5, 5.41) is 0. The van der Waals surface area contributed by atoms with Crippen LogP contribution in [0.5, 0.6) is 0 Å². The fourth-order valence-corrected chi connectivity index (χ4v) is 2.20. The van der Waals surface area contributed by atoms with Crippen molar-refractivity contribution < 1.29 is 0 Å². The lowest BCUT2D eigenvalue weighted by Gasteiger charge is -2.00. The summed E-state index contributed by atoms with van der Waals surface area (Å²) in [5.41, 5.74) is 2.59. The van der Waals surface area contributed by atoms with Crippen molar-refractivity contribution in [1.29, 1.82) is 0 Å². The van der Waals surface area contributed by atoms with Crippen LogP contribution in [0.15, 0.2) is 145 Å². The second-order valence-electron chi connectivity index (χ2n) is 5.46. The van der Waals surface area contributed by atoms with Crippen molar-refractivity contribution in [2.24, 2.45) is 0 Å². The lowest BCUT2D eigenvalue weighted by atomic mass is 10.0. The molecule has 2 aliphatic rings. The first-order valence-corrected chi connectivity index (χ1v) is 8.53. The predicted molar refractivity (Wildman–Crippen MR) is 112 cm³/mol. The van der Waals surface area contributed by atoms with E-state index in [-0.39, 0.29) is 0 Å². The van der Waals surface area contributed by atoms with E-state index in [1.165, 1.54) is 11.1 Å². The van der Waals surface area contributed by atoms with Gasteiger partial charge in [-0.1, -0.05) is 134 Å². The molecule has 0 nitrogen and oxygen atoms in total. The molecule has 2 aliphatic carbocycles. The van der Waals surface area contributed by atoms with Crippen LogP contribution in [0, 0.1) is 0 Å². The third kappa shape index (κ3) is 8.92. The maximum atomic E-state index is 2.16. The minimum absolute atomic E-state index is 0.935. The normalized spacial score (nSPS) is 29.4. The molecule has 0 aromatic rings. The second kappa shape index (κ2) is 12.3. The summed E-state index contributed by atoms with van der Waals surface area (Å²) >= 11 is 0. The van der Waals surface area contributed by atoms with Gasteiger partial charge >= 0.3 is 0 Å². The summed E-state index contributed by atoms with van der Waals surface area (Å²) in [7, 11) is 0. The van der Waals surface area contributed by atoms with Gasteiger partial charge in [0.15, 0.2) is 0 Å². The highest BCUT2D eigenvalue weighted by molar-refractivity contribution is 5.40. The van der Waals surface area contributed by atoms with Crippen LogP contribution in [-0.4, -0.2) is 0 Å². The third-order valence-corrected chi connectivity index (χ3v) is 3.43. The average Bonchev–Trinajstić information content (AvgIpc) is 2.85. The molecule has 0 radical (unpaired) electrons. The van der Waals surface area contributed by atoms with E-state index >= 15 is 0 Å². The van der Waals surface area contributed by atoms with Gasteiger partial charge in [0.2, 0.25) is 0 Å². The van der Waals surface area contributed by atoms with Crippen molar-refractivity contribution in [3.63, 3.8) is 0 Å². The zero-order chi connectivity index (χ0) is 17.4. The van der Waals surface area contributed by atoms with Gasteiger partial charge in [-0.3, -0.25) is 0 Å². The zero-order valence-electron chi connectivity index (χ0n) is 14.4. The Balaban J connectivity index is 2.14. The summed E-state index contributed by atoms with van der Waals surface area (Å²) < 4.78 is 0. The molecule has 0 aromatic carbocycles. The number of fused-ring (bicyclic) bond motifs is 2. The lowest BCUT2D eigenvalue weighted by Crippen LogP contribution is -1.81. The number of allylic oxidation sites excluding steroid dienone is 24. The maximum Gasteiger partial charge on any atom is -0.00258 e. The molecule has 25 heavy (non-hydrogen) atoms. The Morgan fingerprint density at radius 2 is 0.600 bits per heavy atom. The molecule has 2 rings (SSSR count). The minimum atomic E-state index is 0.935. The number of rotatable bonds is 0. The molecule has 0 atom stereocenters. The van der Waals surface area contributed by atoms with Gasteiger partial charge in [-0.15, -0.1) is 0 Å². The van der Waals surface area contributed by atoms with Gasteiger partial charge in [-0.25, -0.2) is 0 Å². The second-order valence-corrected chi connectivity index (χ2v) is 5.46. The Hall–Kier alpha value is -3.12. The summed E-state index contributed by atoms with van der Waals surface area (Å²) in [6, 6.07) is 0. The van der Waals surface area contributed by atoms with Crippen LogP contribution in [0.4, 0.5) is 0 Å². The first kappa shape index (κ1) is 18.2. The minimum Gasteiger partial charge on any atom is -0.0623 e. The van der Waals surface area contributed by atoms with E-state index in [9.17, 15) is 0 Å². The van der Waals surface area contributed by atoms with Gasteiger partial charge in [-0.05, 0) is 17.6 Å². The molecule has 0 heteroatoms. The molecular formula is C25H24. The van der Waals surface area contributed by atoms with E-state index in [1.807, 2.05) is 72.9 Å². The van der Waals surface area contributed by atoms with E-state index < -0.39 is 0 Å². The Labute approximate surface area is 151 Å². The molecule has 0 saturated heterocycles. The first-order chi connectivity index (χ1) is 12.4. The highest BCUT2D eigenvalue weighted by Crippen LogP contribution is 2.17. The largest absolute Gasteiger partial charge is 0.0623 e. The van der Waals surface area contributed by atoms with Crippen LogP contribution in [0.25, 0.3) is 0 Å². The van der Waals surface area contributed by atoms with Gasteiger partial charge < -0.3 is 0 Å². The highest BCUT2D eigenvalue weighted by atomic mass is 14.0. The van der Waals surface area contributed by atoms with Crippen LogP contribution in [-0.2, 0) is 0 Å². The third-order valence-electron chi connectivity index (χ3n) is 3.43.